The van der Waals surface area contributed by atoms with Crippen LogP contribution in [0.15, 0.2) is 0 Å². The fourth-order valence-electron chi connectivity index (χ4n) is 3.58. The molecule has 2 aliphatic rings. The average Bonchev–Trinajstić information content (AvgIpc) is 3.19. The van der Waals surface area contributed by atoms with Crippen molar-refractivity contribution in [2.75, 3.05) is 38.3 Å². The number of esters is 1. The van der Waals surface area contributed by atoms with Gasteiger partial charge in [-0.15, -0.1) is 11.3 Å². The molecule has 134 valence electrons. The zero-order valence-electron chi connectivity index (χ0n) is 14.6. The number of ether oxygens (including phenoxy) is 3. The fourth-order valence-corrected chi connectivity index (χ4v) is 4.72. The van der Waals surface area contributed by atoms with Crippen molar-refractivity contribution < 1.29 is 19.0 Å². The normalized spacial score (nSPS) is 19.7. The maximum Gasteiger partial charge on any atom is 0.348 e. The number of anilines is 1. The molecule has 2 fully saturated rings. The fraction of sp³-hybridized carbons (Fsp3) is 0.588. The molecule has 4 rings (SSSR count). The van der Waals surface area contributed by atoms with Crippen molar-refractivity contribution in [1.29, 1.82) is 0 Å². The molecule has 0 N–H and O–H groups in total. The Morgan fingerprint density at radius 3 is 2.52 bits per heavy atom. The smallest absolute Gasteiger partial charge is 0.348 e. The topological polar surface area (TPSA) is 73.8 Å². The molecule has 0 amide bonds. The van der Waals surface area contributed by atoms with E-state index in [-0.39, 0.29) is 5.97 Å². The number of carbonyl (C=O) groups excluding carboxylic acids is 1. The predicted octanol–water partition coefficient (Wildman–Crippen LogP) is 2.44. The second-order valence-electron chi connectivity index (χ2n) is 6.42. The van der Waals surface area contributed by atoms with Crippen LogP contribution in [0.1, 0.15) is 33.9 Å². The maximum atomic E-state index is 12.0. The summed E-state index contributed by atoms with van der Waals surface area (Å²) in [6, 6.07) is 0. The van der Waals surface area contributed by atoms with E-state index >= 15 is 0 Å². The molecule has 2 aromatic heterocycles. The number of aryl methyl sites for hydroxylation is 2. The summed E-state index contributed by atoms with van der Waals surface area (Å²) in [6.07, 6.45) is 1.62. The number of fused-ring (bicyclic) bond motifs is 1. The van der Waals surface area contributed by atoms with Crippen LogP contribution in [0.2, 0.25) is 0 Å². The van der Waals surface area contributed by atoms with Gasteiger partial charge in [-0.3, -0.25) is 0 Å². The summed E-state index contributed by atoms with van der Waals surface area (Å²) < 4.78 is 16.5. The minimum absolute atomic E-state index is 0.325. The van der Waals surface area contributed by atoms with Crippen molar-refractivity contribution in [2.24, 2.45) is 0 Å². The van der Waals surface area contributed by atoms with E-state index in [1.165, 1.54) is 18.4 Å². The van der Waals surface area contributed by atoms with E-state index in [9.17, 15) is 4.79 Å². The van der Waals surface area contributed by atoms with Crippen molar-refractivity contribution in [3.05, 3.63) is 16.3 Å². The highest BCUT2D eigenvalue weighted by Crippen LogP contribution is 2.39. The molecule has 0 aliphatic carbocycles. The third-order valence-electron chi connectivity index (χ3n) is 4.89. The summed E-state index contributed by atoms with van der Waals surface area (Å²) in [7, 11) is 1.40. The van der Waals surface area contributed by atoms with Crippen molar-refractivity contribution in [2.45, 2.75) is 32.5 Å². The summed E-state index contributed by atoms with van der Waals surface area (Å²) >= 11 is 1.37. The van der Waals surface area contributed by atoms with Gasteiger partial charge in [-0.05, 0) is 19.4 Å². The van der Waals surface area contributed by atoms with Gasteiger partial charge in [0, 0.05) is 25.9 Å². The molecule has 0 unspecified atom stereocenters. The number of rotatable bonds is 2. The van der Waals surface area contributed by atoms with Gasteiger partial charge in [0.25, 0.3) is 0 Å². The first-order valence-electron chi connectivity index (χ1n) is 8.42. The van der Waals surface area contributed by atoms with Crippen LogP contribution in [0, 0.1) is 13.8 Å². The second kappa shape index (κ2) is 6.19. The monoisotopic (exact) mass is 363 g/mol. The van der Waals surface area contributed by atoms with Crippen LogP contribution in [0.3, 0.4) is 0 Å². The number of methoxy groups -OCH3 is 1. The van der Waals surface area contributed by atoms with E-state index < -0.39 is 5.79 Å². The Hall–Kier alpha value is -1.77. The van der Waals surface area contributed by atoms with Gasteiger partial charge < -0.3 is 19.1 Å². The van der Waals surface area contributed by atoms with Crippen LogP contribution in [0.5, 0.6) is 0 Å². The SMILES string of the molecule is COC(=O)c1sc2nc(C)nc(N3CCC4(CC3)OCCO4)c2c1C. The van der Waals surface area contributed by atoms with Crippen molar-refractivity contribution in [3.8, 4) is 0 Å². The average molecular weight is 363 g/mol. The highest BCUT2D eigenvalue weighted by Gasteiger charge is 2.40. The van der Waals surface area contributed by atoms with Gasteiger partial charge in [-0.25, -0.2) is 14.8 Å². The minimum Gasteiger partial charge on any atom is -0.465 e. The van der Waals surface area contributed by atoms with E-state index in [2.05, 4.69) is 14.9 Å². The number of piperidine rings is 1. The van der Waals surface area contributed by atoms with Gasteiger partial charge in [0.15, 0.2) is 5.79 Å². The van der Waals surface area contributed by atoms with Crippen molar-refractivity contribution in [1.82, 2.24) is 9.97 Å². The number of carbonyl (C=O) groups is 1. The first-order valence-corrected chi connectivity index (χ1v) is 9.23. The molecule has 4 heterocycles. The largest absolute Gasteiger partial charge is 0.465 e. The van der Waals surface area contributed by atoms with E-state index in [1.54, 1.807) is 0 Å². The van der Waals surface area contributed by atoms with Gasteiger partial charge in [0.1, 0.15) is 21.3 Å². The Balaban J connectivity index is 1.72. The number of nitrogens with zero attached hydrogens (tertiary/aromatic N) is 3. The van der Waals surface area contributed by atoms with Crippen LogP contribution < -0.4 is 4.90 Å². The van der Waals surface area contributed by atoms with Gasteiger partial charge >= 0.3 is 5.97 Å². The predicted molar refractivity (Wildman–Crippen MR) is 94.3 cm³/mol. The van der Waals surface area contributed by atoms with Crippen LogP contribution in [-0.2, 0) is 14.2 Å². The van der Waals surface area contributed by atoms with Crippen LogP contribution in [0.25, 0.3) is 10.2 Å². The molecule has 0 saturated carbocycles. The van der Waals surface area contributed by atoms with Gasteiger partial charge in [0.05, 0.1) is 25.7 Å². The summed E-state index contributed by atoms with van der Waals surface area (Å²) in [5.74, 6) is 0.848. The maximum absolute atomic E-state index is 12.0. The standard InChI is InChI=1S/C17H21N3O4S/c1-10-12-14(20-6-4-17(5-7-20)23-8-9-24-17)18-11(2)19-15(12)25-13(10)16(21)22-3/h4-9H2,1-3H3. The summed E-state index contributed by atoms with van der Waals surface area (Å²) in [5, 5.41) is 0.945. The minimum atomic E-state index is -0.418. The van der Waals surface area contributed by atoms with Gasteiger partial charge in [0.2, 0.25) is 0 Å². The molecule has 0 bridgehead atoms. The molecule has 2 saturated heterocycles. The lowest BCUT2D eigenvalue weighted by molar-refractivity contribution is -0.169. The first-order chi connectivity index (χ1) is 12.0. The Bertz CT molecular complexity index is 819. The lowest BCUT2D eigenvalue weighted by Gasteiger charge is -2.38. The molecule has 7 nitrogen and oxygen atoms in total. The molecule has 0 aromatic carbocycles. The van der Waals surface area contributed by atoms with Gasteiger partial charge in [-0.1, -0.05) is 0 Å². The highest BCUT2D eigenvalue weighted by atomic mass is 32.1. The molecule has 8 heteroatoms. The second-order valence-corrected chi connectivity index (χ2v) is 7.42. The Labute approximate surface area is 149 Å². The van der Waals surface area contributed by atoms with Crippen LogP contribution >= 0.6 is 11.3 Å². The molecule has 0 atom stereocenters. The van der Waals surface area contributed by atoms with Crippen LogP contribution in [0.4, 0.5) is 5.82 Å². The number of hydrogen-bond donors (Lipinski definition) is 0. The van der Waals surface area contributed by atoms with E-state index in [0.717, 1.165) is 47.5 Å². The third kappa shape index (κ3) is 2.78. The summed E-state index contributed by atoms with van der Waals surface area (Å²) in [4.78, 5) is 24.9. The first kappa shape index (κ1) is 16.7. The number of aromatic nitrogens is 2. The molecular formula is C17H21N3O4S. The molecule has 2 aromatic rings. The lowest BCUT2D eigenvalue weighted by Crippen LogP contribution is -2.45. The molecule has 1 spiro atoms. The number of hydrogen-bond acceptors (Lipinski definition) is 8. The quantitative estimate of drug-likeness (QED) is 0.759. The molecule has 0 radical (unpaired) electrons. The lowest BCUT2D eigenvalue weighted by atomic mass is 10.0. The Morgan fingerprint density at radius 2 is 1.88 bits per heavy atom. The van der Waals surface area contributed by atoms with Crippen molar-refractivity contribution >= 4 is 33.3 Å². The third-order valence-corrected chi connectivity index (χ3v) is 6.06. The number of thiophene rings is 1. The van der Waals surface area contributed by atoms with Gasteiger partial charge in [-0.2, -0.15) is 0 Å². The van der Waals surface area contributed by atoms with Crippen molar-refractivity contribution in [3.63, 3.8) is 0 Å². The van der Waals surface area contributed by atoms with Crippen LogP contribution in [-0.4, -0.2) is 55.1 Å². The zero-order chi connectivity index (χ0) is 17.6. The zero-order valence-corrected chi connectivity index (χ0v) is 15.4. The van der Waals surface area contributed by atoms with E-state index in [0.29, 0.717) is 23.9 Å². The molecule has 2 aliphatic heterocycles. The van der Waals surface area contributed by atoms with E-state index in [1.807, 2.05) is 13.8 Å². The Morgan fingerprint density at radius 1 is 1.20 bits per heavy atom. The summed E-state index contributed by atoms with van der Waals surface area (Å²) in [5.41, 5.74) is 0.885. The Kier molecular flexibility index (Phi) is 4.13. The molecular weight excluding hydrogens is 342 g/mol. The van der Waals surface area contributed by atoms with E-state index in [4.69, 9.17) is 14.2 Å². The highest BCUT2D eigenvalue weighted by molar-refractivity contribution is 7.20. The summed E-state index contributed by atoms with van der Waals surface area (Å²) in [6.45, 7) is 6.75. The molecule has 25 heavy (non-hydrogen) atoms.